The van der Waals surface area contributed by atoms with Crippen LogP contribution in [0, 0.1) is 6.92 Å². The number of anilines is 2. The van der Waals surface area contributed by atoms with Gasteiger partial charge in [0.2, 0.25) is 0 Å². The zero-order valence-corrected chi connectivity index (χ0v) is 15.7. The predicted molar refractivity (Wildman–Crippen MR) is 113 cm³/mol. The van der Waals surface area contributed by atoms with Crippen molar-refractivity contribution < 1.29 is 0 Å². The SMILES string of the molecule is Cc1cc(CSc2ccccc2)ccc1NC(=S)Nc1ccccc1. The smallest absolute Gasteiger partial charge is 0.175 e. The van der Waals surface area contributed by atoms with Crippen LogP contribution < -0.4 is 10.6 Å². The molecule has 4 heteroatoms. The van der Waals surface area contributed by atoms with E-state index in [0.717, 1.165) is 17.1 Å². The summed E-state index contributed by atoms with van der Waals surface area (Å²) in [6.07, 6.45) is 0. The second kappa shape index (κ2) is 8.70. The minimum Gasteiger partial charge on any atom is -0.332 e. The molecular weight excluding hydrogens is 344 g/mol. The van der Waals surface area contributed by atoms with Crippen LogP contribution in [0.25, 0.3) is 0 Å². The first kappa shape index (κ1) is 17.5. The Labute approximate surface area is 158 Å². The van der Waals surface area contributed by atoms with Gasteiger partial charge in [0.05, 0.1) is 0 Å². The van der Waals surface area contributed by atoms with Gasteiger partial charge < -0.3 is 10.6 Å². The maximum absolute atomic E-state index is 5.40. The van der Waals surface area contributed by atoms with E-state index in [-0.39, 0.29) is 0 Å². The van der Waals surface area contributed by atoms with Gasteiger partial charge in [-0.1, -0.05) is 48.5 Å². The summed E-state index contributed by atoms with van der Waals surface area (Å²) in [5, 5.41) is 7.07. The molecule has 0 heterocycles. The Kier molecular flexibility index (Phi) is 6.09. The Morgan fingerprint density at radius 2 is 1.56 bits per heavy atom. The first-order valence-corrected chi connectivity index (χ1v) is 9.50. The average molecular weight is 365 g/mol. The lowest BCUT2D eigenvalue weighted by atomic mass is 10.1. The van der Waals surface area contributed by atoms with Gasteiger partial charge in [0, 0.05) is 22.0 Å². The molecule has 0 aliphatic rings. The highest BCUT2D eigenvalue weighted by Gasteiger charge is 2.04. The molecule has 0 aliphatic carbocycles. The Bertz CT molecular complexity index is 833. The number of hydrogen-bond acceptors (Lipinski definition) is 2. The van der Waals surface area contributed by atoms with Crippen LogP contribution in [0.1, 0.15) is 11.1 Å². The second-order valence-electron chi connectivity index (χ2n) is 5.70. The first-order valence-electron chi connectivity index (χ1n) is 8.11. The van der Waals surface area contributed by atoms with Crippen molar-refractivity contribution in [3.8, 4) is 0 Å². The van der Waals surface area contributed by atoms with Crippen molar-refractivity contribution in [2.24, 2.45) is 0 Å². The molecule has 0 aromatic heterocycles. The maximum atomic E-state index is 5.40. The lowest BCUT2D eigenvalue weighted by Gasteiger charge is -2.13. The Morgan fingerprint density at radius 1 is 0.880 bits per heavy atom. The number of aryl methyl sites for hydroxylation is 1. The molecule has 0 spiro atoms. The summed E-state index contributed by atoms with van der Waals surface area (Å²) < 4.78 is 0. The molecule has 0 fully saturated rings. The third kappa shape index (κ3) is 5.34. The summed E-state index contributed by atoms with van der Waals surface area (Å²) in [6, 6.07) is 26.8. The van der Waals surface area contributed by atoms with E-state index < -0.39 is 0 Å². The number of rotatable bonds is 5. The lowest BCUT2D eigenvalue weighted by molar-refractivity contribution is 1.34. The molecule has 2 N–H and O–H groups in total. The molecule has 25 heavy (non-hydrogen) atoms. The van der Waals surface area contributed by atoms with E-state index in [1.807, 2.05) is 48.2 Å². The summed E-state index contributed by atoms with van der Waals surface area (Å²) in [7, 11) is 0. The number of para-hydroxylation sites is 1. The van der Waals surface area contributed by atoms with Gasteiger partial charge in [-0.15, -0.1) is 11.8 Å². The molecule has 0 bridgehead atoms. The van der Waals surface area contributed by atoms with Crippen LogP contribution in [0.15, 0.2) is 83.8 Å². The van der Waals surface area contributed by atoms with Crippen LogP contribution in [0.3, 0.4) is 0 Å². The van der Waals surface area contributed by atoms with Crippen molar-refractivity contribution >= 4 is 40.5 Å². The normalized spacial score (nSPS) is 10.3. The Balaban J connectivity index is 1.59. The van der Waals surface area contributed by atoms with Gasteiger partial charge in [0.15, 0.2) is 5.11 Å². The standard InChI is InChI=1S/C21H20N2S2/c1-16-14-17(15-25-19-10-6-3-7-11-19)12-13-20(16)23-21(24)22-18-8-4-2-5-9-18/h2-14H,15H2,1H3,(H2,22,23,24). The molecule has 0 atom stereocenters. The summed E-state index contributed by atoms with van der Waals surface area (Å²) in [6.45, 7) is 2.10. The molecule has 3 rings (SSSR count). The van der Waals surface area contributed by atoms with E-state index in [9.17, 15) is 0 Å². The van der Waals surface area contributed by atoms with Crippen molar-refractivity contribution in [1.29, 1.82) is 0 Å². The van der Waals surface area contributed by atoms with Crippen molar-refractivity contribution in [2.75, 3.05) is 10.6 Å². The summed E-state index contributed by atoms with van der Waals surface area (Å²) >= 11 is 7.24. The Morgan fingerprint density at radius 3 is 2.24 bits per heavy atom. The zero-order valence-electron chi connectivity index (χ0n) is 14.0. The van der Waals surface area contributed by atoms with Crippen LogP contribution in [0.4, 0.5) is 11.4 Å². The monoisotopic (exact) mass is 364 g/mol. The third-order valence-corrected chi connectivity index (χ3v) is 5.01. The average Bonchev–Trinajstić information content (AvgIpc) is 2.64. The van der Waals surface area contributed by atoms with E-state index in [1.165, 1.54) is 16.0 Å². The minimum absolute atomic E-state index is 0.598. The molecule has 0 radical (unpaired) electrons. The van der Waals surface area contributed by atoms with Gasteiger partial charge in [0.1, 0.15) is 0 Å². The topological polar surface area (TPSA) is 24.1 Å². The van der Waals surface area contributed by atoms with E-state index in [4.69, 9.17) is 12.2 Å². The van der Waals surface area contributed by atoms with Gasteiger partial charge in [-0.2, -0.15) is 0 Å². The molecule has 2 nitrogen and oxygen atoms in total. The first-order chi connectivity index (χ1) is 12.2. The highest BCUT2D eigenvalue weighted by atomic mass is 32.2. The van der Waals surface area contributed by atoms with Crippen LogP contribution in [-0.2, 0) is 5.75 Å². The fraction of sp³-hybridized carbons (Fsp3) is 0.0952. The fourth-order valence-electron chi connectivity index (χ4n) is 2.45. The van der Waals surface area contributed by atoms with E-state index in [1.54, 1.807) is 0 Å². The number of thiocarbonyl (C=S) groups is 1. The van der Waals surface area contributed by atoms with Gasteiger partial charge in [-0.25, -0.2) is 0 Å². The molecule has 3 aromatic rings. The molecule has 126 valence electrons. The summed E-state index contributed by atoms with van der Waals surface area (Å²) in [4.78, 5) is 1.29. The quantitative estimate of drug-likeness (QED) is 0.422. The van der Waals surface area contributed by atoms with Crippen molar-refractivity contribution in [3.63, 3.8) is 0 Å². The lowest BCUT2D eigenvalue weighted by Crippen LogP contribution is -2.19. The second-order valence-corrected chi connectivity index (χ2v) is 7.15. The molecule has 0 unspecified atom stereocenters. The molecule has 0 amide bonds. The number of nitrogens with one attached hydrogen (secondary N) is 2. The van der Waals surface area contributed by atoms with E-state index >= 15 is 0 Å². The number of thioether (sulfide) groups is 1. The van der Waals surface area contributed by atoms with E-state index in [0.29, 0.717) is 5.11 Å². The minimum atomic E-state index is 0.598. The van der Waals surface area contributed by atoms with Crippen LogP contribution in [-0.4, -0.2) is 5.11 Å². The van der Waals surface area contributed by atoms with Gasteiger partial charge in [0.25, 0.3) is 0 Å². The van der Waals surface area contributed by atoms with Gasteiger partial charge >= 0.3 is 0 Å². The zero-order chi connectivity index (χ0) is 17.5. The number of benzene rings is 3. The third-order valence-electron chi connectivity index (χ3n) is 3.72. The van der Waals surface area contributed by atoms with Crippen molar-refractivity contribution in [3.05, 3.63) is 90.0 Å². The highest BCUT2D eigenvalue weighted by Crippen LogP contribution is 2.25. The van der Waals surface area contributed by atoms with E-state index in [2.05, 4.69) is 60.0 Å². The van der Waals surface area contributed by atoms with Crippen LogP contribution in [0.2, 0.25) is 0 Å². The molecule has 0 aliphatic heterocycles. The highest BCUT2D eigenvalue weighted by molar-refractivity contribution is 7.98. The molecule has 0 saturated heterocycles. The maximum Gasteiger partial charge on any atom is 0.175 e. The summed E-state index contributed by atoms with van der Waals surface area (Å²) in [5.74, 6) is 0.956. The summed E-state index contributed by atoms with van der Waals surface area (Å²) in [5.41, 5.74) is 4.50. The largest absolute Gasteiger partial charge is 0.332 e. The Hall–Kier alpha value is -2.30. The van der Waals surface area contributed by atoms with Crippen LogP contribution >= 0.6 is 24.0 Å². The molecule has 0 saturated carbocycles. The fourth-order valence-corrected chi connectivity index (χ4v) is 3.54. The molecule has 3 aromatic carbocycles. The van der Waals surface area contributed by atoms with Crippen LogP contribution in [0.5, 0.6) is 0 Å². The van der Waals surface area contributed by atoms with Gasteiger partial charge in [-0.3, -0.25) is 0 Å². The van der Waals surface area contributed by atoms with Gasteiger partial charge in [-0.05, 0) is 60.6 Å². The molecular formula is C21H20N2S2. The predicted octanol–water partition coefficient (Wildman–Crippen LogP) is 6.10. The van der Waals surface area contributed by atoms with Crippen molar-refractivity contribution in [2.45, 2.75) is 17.6 Å². The number of hydrogen-bond donors (Lipinski definition) is 2. The van der Waals surface area contributed by atoms with Crippen molar-refractivity contribution in [1.82, 2.24) is 0 Å².